The van der Waals surface area contributed by atoms with Crippen molar-refractivity contribution >= 4 is 34.4 Å². The first kappa shape index (κ1) is 15.6. The first-order valence-corrected chi connectivity index (χ1v) is 8.74. The smallest absolute Gasteiger partial charge is 0.126 e. The van der Waals surface area contributed by atoms with Gasteiger partial charge in [0.15, 0.2) is 0 Å². The van der Waals surface area contributed by atoms with Crippen LogP contribution in [0.4, 0.5) is 11.5 Å². The summed E-state index contributed by atoms with van der Waals surface area (Å²) in [6, 6.07) is 8.06. The molecule has 6 heteroatoms. The number of hydrogen-bond donors (Lipinski definition) is 2. The molecule has 0 bridgehead atoms. The van der Waals surface area contributed by atoms with Crippen LogP contribution in [0.1, 0.15) is 17.7 Å². The Morgan fingerprint density at radius 1 is 1.27 bits per heavy atom. The molecule has 22 heavy (non-hydrogen) atoms. The Bertz CT molecular complexity index is 594. The number of halogens is 1. The van der Waals surface area contributed by atoms with Crippen LogP contribution in [-0.2, 0) is 6.54 Å². The van der Waals surface area contributed by atoms with E-state index in [1.807, 2.05) is 24.4 Å². The molecule has 1 aliphatic rings. The summed E-state index contributed by atoms with van der Waals surface area (Å²) < 4.78 is 0.811. The van der Waals surface area contributed by atoms with Crippen molar-refractivity contribution in [2.24, 2.45) is 5.92 Å². The minimum absolute atomic E-state index is 0.307. The van der Waals surface area contributed by atoms with Crippen molar-refractivity contribution in [1.29, 1.82) is 0 Å². The number of aromatic nitrogens is 1. The van der Waals surface area contributed by atoms with E-state index >= 15 is 0 Å². The highest BCUT2D eigenvalue weighted by Gasteiger charge is 2.18. The fraction of sp³-hybridized carbons (Fsp3) is 0.438. The molecule has 2 N–H and O–H groups in total. The maximum atomic E-state index is 9.19. The van der Waals surface area contributed by atoms with E-state index in [0.29, 0.717) is 12.5 Å². The topological polar surface area (TPSA) is 48.4 Å². The highest BCUT2D eigenvalue weighted by atomic mass is 35.5. The largest absolute Gasteiger partial charge is 0.396 e. The minimum Gasteiger partial charge on any atom is -0.396 e. The van der Waals surface area contributed by atoms with Gasteiger partial charge in [-0.15, -0.1) is 11.3 Å². The number of rotatable bonds is 5. The average Bonchev–Trinajstić information content (AvgIpc) is 2.99. The molecule has 1 saturated heterocycles. The second kappa shape index (κ2) is 7.31. The molecule has 1 aliphatic heterocycles. The van der Waals surface area contributed by atoms with Gasteiger partial charge in [-0.2, -0.15) is 0 Å². The molecular formula is C16H20ClN3OS. The number of thiophene rings is 1. The molecule has 0 aliphatic carbocycles. The van der Waals surface area contributed by atoms with Crippen molar-refractivity contribution in [3.8, 4) is 0 Å². The lowest BCUT2D eigenvalue weighted by molar-refractivity contribution is 0.203. The molecule has 4 nitrogen and oxygen atoms in total. The zero-order valence-corrected chi connectivity index (χ0v) is 13.9. The molecule has 0 spiro atoms. The normalized spacial score (nSPS) is 16.0. The average molecular weight is 338 g/mol. The molecule has 3 rings (SSSR count). The van der Waals surface area contributed by atoms with Crippen LogP contribution in [0.15, 0.2) is 30.5 Å². The lowest BCUT2D eigenvalue weighted by Crippen LogP contribution is -2.34. The van der Waals surface area contributed by atoms with Crippen LogP contribution in [0.5, 0.6) is 0 Å². The second-order valence-electron chi connectivity index (χ2n) is 5.57. The summed E-state index contributed by atoms with van der Waals surface area (Å²) in [5.74, 6) is 1.33. The summed E-state index contributed by atoms with van der Waals surface area (Å²) in [6.07, 6.45) is 4.02. The first-order valence-electron chi connectivity index (χ1n) is 7.54. The van der Waals surface area contributed by atoms with Crippen molar-refractivity contribution in [3.63, 3.8) is 0 Å². The molecule has 3 heterocycles. The molecule has 0 aromatic carbocycles. The maximum absolute atomic E-state index is 9.19. The molecule has 0 radical (unpaired) electrons. The first-order chi connectivity index (χ1) is 10.7. The maximum Gasteiger partial charge on any atom is 0.126 e. The van der Waals surface area contributed by atoms with E-state index in [4.69, 9.17) is 11.6 Å². The second-order valence-corrected chi connectivity index (χ2v) is 7.37. The number of aliphatic hydroxyl groups is 1. The third kappa shape index (κ3) is 3.91. The predicted octanol–water partition coefficient (Wildman–Crippen LogP) is 3.62. The minimum atomic E-state index is 0.307. The fourth-order valence-corrected chi connectivity index (χ4v) is 3.70. The van der Waals surface area contributed by atoms with Crippen LogP contribution < -0.4 is 10.2 Å². The summed E-state index contributed by atoms with van der Waals surface area (Å²) in [6.45, 7) is 3.04. The summed E-state index contributed by atoms with van der Waals surface area (Å²) in [5.41, 5.74) is 1.15. The van der Waals surface area contributed by atoms with E-state index in [1.54, 1.807) is 11.3 Å². The number of hydrogen-bond acceptors (Lipinski definition) is 5. The van der Waals surface area contributed by atoms with Crippen LogP contribution in [0.2, 0.25) is 4.34 Å². The van der Waals surface area contributed by atoms with E-state index in [9.17, 15) is 5.11 Å². The van der Waals surface area contributed by atoms with Crippen molar-refractivity contribution in [2.75, 3.05) is 29.9 Å². The summed E-state index contributed by atoms with van der Waals surface area (Å²) in [7, 11) is 0. The molecular weight excluding hydrogens is 318 g/mol. The van der Waals surface area contributed by atoms with Gasteiger partial charge in [0.05, 0.1) is 22.8 Å². The number of nitrogens with zero attached hydrogens (tertiary/aromatic N) is 2. The van der Waals surface area contributed by atoms with Crippen molar-refractivity contribution < 1.29 is 5.11 Å². The van der Waals surface area contributed by atoms with Crippen molar-refractivity contribution in [1.82, 2.24) is 4.98 Å². The van der Waals surface area contributed by atoms with Crippen LogP contribution >= 0.6 is 22.9 Å². The van der Waals surface area contributed by atoms with Crippen LogP contribution in [-0.4, -0.2) is 29.8 Å². The summed E-state index contributed by atoms with van der Waals surface area (Å²) >= 11 is 7.51. The molecule has 1 fully saturated rings. The number of piperidine rings is 1. The van der Waals surface area contributed by atoms with Gasteiger partial charge in [-0.3, -0.25) is 0 Å². The highest BCUT2D eigenvalue weighted by Crippen LogP contribution is 2.24. The molecule has 0 atom stereocenters. The van der Waals surface area contributed by atoms with E-state index in [-0.39, 0.29) is 0 Å². The van der Waals surface area contributed by atoms with Gasteiger partial charge in [0.1, 0.15) is 5.82 Å². The Morgan fingerprint density at radius 3 is 2.68 bits per heavy atom. The Balaban J connectivity index is 1.54. The predicted molar refractivity (Wildman–Crippen MR) is 92.9 cm³/mol. The van der Waals surface area contributed by atoms with Gasteiger partial charge in [-0.05, 0) is 43.0 Å². The number of aliphatic hydroxyl groups excluding tert-OH is 1. The molecule has 2 aromatic heterocycles. The van der Waals surface area contributed by atoms with Gasteiger partial charge in [-0.1, -0.05) is 11.6 Å². The van der Waals surface area contributed by atoms with Crippen LogP contribution in [0, 0.1) is 5.92 Å². The Kier molecular flexibility index (Phi) is 5.18. The number of nitrogens with one attached hydrogen (secondary N) is 1. The fourth-order valence-electron chi connectivity index (χ4n) is 2.68. The third-order valence-corrected chi connectivity index (χ3v) is 5.29. The van der Waals surface area contributed by atoms with Crippen molar-refractivity contribution in [3.05, 3.63) is 39.7 Å². The quantitative estimate of drug-likeness (QED) is 0.875. The van der Waals surface area contributed by atoms with Gasteiger partial charge in [0, 0.05) is 24.6 Å². The summed E-state index contributed by atoms with van der Waals surface area (Å²) in [4.78, 5) is 8.02. The van der Waals surface area contributed by atoms with Gasteiger partial charge in [0.2, 0.25) is 0 Å². The third-order valence-electron chi connectivity index (χ3n) is 4.06. The zero-order valence-electron chi connectivity index (χ0n) is 12.3. The monoisotopic (exact) mass is 337 g/mol. The van der Waals surface area contributed by atoms with E-state index in [2.05, 4.69) is 21.3 Å². The SMILES string of the molecule is OCC1CCN(c2ccc(NCc3ccc(Cl)s3)nc2)CC1. The number of pyridine rings is 1. The van der Waals surface area contributed by atoms with Gasteiger partial charge < -0.3 is 15.3 Å². The Labute approximate surface area is 139 Å². The van der Waals surface area contributed by atoms with E-state index in [0.717, 1.165) is 48.3 Å². The standard InChI is InChI=1S/C16H20ClN3OS/c17-15-3-2-14(22-15)10-19-16-4-1-13(9-18-16)20-7-5-12(11-21)6-8-20/h1-4,9,12,21H,5-8,10-11H2,(H,18,19). The molecule has 0 amide bonds. The van der Waals surface area contributed by atoms with Gasteiger partial charge in [0.25, 0.3) is 0 Å². The van der Waals surface area contributed by atoms with Crippen LogP contribution in [0.25, 0.3) is 0 Å². The molecule has 0 unspecified atom stereocenters. The van der Waals surface area contributed by atoms with E-state index in [1.165, 1.54) is 4.88 Å². The van der Waals surface area contributed by atoms with Gasteiger partial charge >= 0.3 is 0 Å². The lowest BCUT2D eigenvalue weighted by Gasteiger charge is -2.32. The number of anilines is 2. The lowest BCUT2D eigenvalue weighted by atomic mass is 9.98. The molecule has 2 aromatic rings. The summed E-state index contributed by atoms with van der Waals surface area (Å²) in [5, 5.41) is 12.5. The van der Waals surface area contributed by atoms with Gasteiger partial charge in [-0.25, -0.2) is 4.98 Å². The Hall–Kier alpha value is -1.30. The Morgan fingerprint density at radius 2 is 2.09 bits per heavy atom. The molecule has 0 saturated carbocycles. The zero-order chi connectivity index (χ0) is 15.4. The molecule has 118 valence electrons. The van der Waals surface area contributed by atoms with Crippen LogP contribution in [0.3, 0.4) is 0 Å². The highest BCUT2D eigenvalue weighted by molar-refractivity contribution is 7.16. The van der Waals surface area contributed by atoms with E-state index < -0.39 is 0 Å². The van der Waals surface area contributed by atoms with Crippen molar-refractivity contribution in [2.45, 2.75) is 19.4 Å².